The molecule has 2 rings (SSSR count). The molecule has 1 N–H and O–H groups in total. The average molecular weight is 205 g/mol. The van der Waals surface area contributed by atoms with Gasteiger partial charge < -0.3 is 5.11 Å². The molecule has 0 aliphatic heterocycles. The summed E-state index contributed by atoms with van der Waals surface area (Å²) in [6, 6.07) is 4.12. The molecule has 0 saturated heterocycles. The van der Waals surface area contributed by atoms with Crippen molar-refractivity contribution in [3.8, 4) is 0 Å². The van der Waals surface area contributed by atoms with Gasteiger partial charge in [-0.3, -0.25) is 4.98 Å². The predicted molar refractivity (Wildman–Crippen MR) is 60.6 cm³/mol. The summed E-state index contributed by atoms with van der Waals surface area (Å²) in [5.74, 6) is 0.628. The third-order valence-electron chi connectivity index (χ3n) is 3.37. The van der Waals surface area contributed by atoms with Crippen LogP contribution in [0.25, 0.3) is 0 Å². The smallest absolute Gasteiger partial charge is 0.0855 e. The highest BCUT2D eigenvalue weighted by atomic mass is 16.3. The molecule has 15 heavy (non-hydrogen) atoms. The number of aromatic nitrogens is 1. The lowest BCUT2D eigenvalue weighted by Crippen LogP contribution is -2.04. The quantitative estimate of drug-likeness (QED) is 0.753. The summed E-state index contributed by atoms with van der Waals surface area (Å²) in [4.78, 5) is 4.25. The number of hydrogen-bond acceptors (Lipinski definition) is 2. The number of nitrogens with zero attached hydrogens (tertiary/aromatic N) is 1. The van der Waals surface area contributed by atoms with E-state index < -0.39 is 0 Å². The fraction of sp³-hybridized carbons (Fsp3) is 0.615. The van der Waals surface area contributed by atoms with Crippen molar-refractivity contribution in [1.82, 2.24) is 4.98 Å². The lowest BCUT2D eigenvalue weighted by molar-refractivity contribution is 0.274. The van der Waals surface area contributed by atoms with Crippen LogP contribution in [0.2, 0.25) is 0 Å². The van der Waals surface area contributed by atoms with Crippen molar-refractivity contribution in [1.29, 1.82) is 0 Å². The highest BCUT2D eigenvalue weighted by Crippen LogP contribution is 2.32. The van der Waals surface area contributed by atoms with E-state index in [4.69, 9.17) is 0 Å². The number of rotatable bonds is 2. The SMILES string of the molecule is OCc1ncccc1C1CCCCCC1. The molecule has 82 valence electrons. The lowest BCUT2D eigenvalue weighted by Gasteiger charge is -2.16. The normalized spacial score (nSPS) is 18.7. The van der Waals surface area contributed by atoms with Crippen molar-refractivity contribution in [3.63, 3.8) is 0 Å². The van der Waals surface area contributed by atoms with E-state index >= 15 is 0 Å². The Hall–Kier alpha value is -0.890. The minimum absolute atomic E-state index is 0.0761. The molecule has 1 saturated carbocycles. The molecule has 1 aliphatic rings. The zero-order valence-electron chi connectivity index (χ0n) is 9.15. The maximum Gasteiger partial charge on any atom is 0.0855 e. The zero-order chi connectivity index (χ0) is 10.5. The fourth-order valence-corrected chi connectivity index (χ4v) is 2.54. The third-order valence-corrected chi connectivity index (χ3v) is 3.37. The van der Waals surface area contributed by atoms with Gasteiger partial charge in [0.15, 0.2) is 0 Å². The van der Waals surface area contributed by atoms with Crippen molar-refractivity contribution in [2.24, 2.45) is 0 Å². The van der Waals surface area contributed by atoms with Gasteiger partial charge in [0.1, 0.15) is 0 Å². The topological polar surface area (TPSA) is 33.1 Å². The third kappa shape index (κ3) is 2.57. The van der Waals surface area contributed by atoms with Crippen LogP contribution in [0, 0.1) is 0 Å². The maximum atomic E-state index is 9.26. The molecule has 0 unspecified atom stereocenters. The monoisotopic (exact) mass is 205 g/mol. The summed E-state index contributed by atoms with van der Waals surface area (Å²) < 4.78 is 0. The first kappa shape index (κ1) is 10.6. The van der Waals surface area contributed by atoms with Crippen LogP contribution in [0.1, 0.15) is 55.7 Å². The summed E-state index contributed by atoms with van der Waals surface area (Å²) >= 11 is 0. The second-order valence-corrected chi connectivity index (χ2v) is 4.39. The van der Waals surface area contributed by atoms with Crippen molar-refractivity contribution < 1.29 is 5.11 Å². The van der Waals surface area contributed by atoms with Crippen LogP contribution < -0.4 is 0 Å². The van der Waals surface area contributed by atoms with Crippen LogP contribution in [-0.2, 0) is 6.61 Å². The Balaban J connectivity index is 2.18. The molecule has 2 nitrogen and oxygen atoms in total. The van der Waals surface area contributed by atoms with Gasteiger partial charge in [-0.1, -0.05) is 31.7 Å². The molecule has 1 aliphatic carbocycles. The molecule has 1 fully saturated rings. The Morgan fingerprint density at radius 3 is 2.60 bits per heavy atom. The maximum absolute atomic E-state index is 9.26. The van der Waals surface area contributed by atoms with E-state index in [0.29, 0.717) is 5.92 Å². The van der Waals surface area contributed by atoms with Gasteiger partial charge >= 0.3 is 0 Å². The minimum atomic E-state index is 0.0761. The predicted octanol–water partition coefficient (Wildman–Crippen LogP) is 3.01. The molecule has 1 aromatic heterocycles. The summed E-state index contributed by atoms with van der Waals surface area (Å²) in [5, 5.41) is 9.26. The van der Waals surface area contributed by atoms with Crippen LogP contribution in [0.4, 0.5) is 0 Å². The van der Waals surface area contributed by atoms with Gasteiger partial charge in [-0.15, -0.1) is 0 Å². The largest absolute Gasteiger partial charge is 0.390 e. The fourth-order valence-electron chi connectivity index (χ4n) is 2.54. The summed E-state index contributed by atoms with van der Waals surface area (Å²) in [5.41, 5.74) is 2.16. The summed E-state index contributed by atoms with van der Waals surface area (Å²) in [6.07, 6.45) is 9.68. The van der Waals surface area contributed by atoms with Crippen molar-refractivity contribution in [2.45, 2.75) is 51.0 Å². The van der Waals surface area contributed by atoms with E-state index in [1.54, 1.807) is 6.20 Å². The van der Waals surface area contributed by atoms with Gasteiger partial charge in [0.05, 0.1) is 12.3 Å². The number of pyridine rings is 1. The molecule has 0 spiro atoms. The van der Waals surface area contributed by atoms with Gasteiger partial charge in [0.2, 0.25) is 0 Å². The molecule has 1 aromatic rings. The molecule has 0 atom stereocenters. The highest BCUT2D eigenvalue weighted by Gasteiger charge is 2.17. The van der Waals surface area contributed by atoms with Gasteiger partial charge in [0.25, 0.3) is 0 Å². The molecule has 0 amide bonds. The first-order valence-corrected chi connectivity index (χ1v) is 5.96. The van der Waals surface area contributed by atoms with Gasteiger partial charge in [0, 0.05) is 6.20 Å². The Bertz CT molecular complexity index is 303. The summed E-state index contributed by atoms with van der Waals surface area (Å²) in [6.45, 7) is 0.0761. The zero-order valence-corrected chi connectivity index (χ0v) is 9.15. The van der Waals surface area contributed by atoms with E-state index in [0.717, 1.165) is 5.69 Å². The first-order valence-electron chi connectivity index (χ1n) is 5.96. The molecule has 0 aromatic carbocycles. The van der Waals surface area contributed by atoms with Crippen LogP contribution >= 0.6 is 0 Å². The van der Waals surface area contributed by atoms with Crippen LogP contribution in [0.15, 0.2) is 18.3 Å². The average Bonchev–Trinajstić information content (AvgIpc) is 2.57. The van der Waals surface area contributed by atoms with E-state index in [1.165, 1.54) is 44.1 Å². The molecular weight excluding hydrogens is 186 g/mol. The highest BCUT2D eigenvalue weighted by molar-refractivity contribution is 5.23. The number of aliphatic hydroxyl groups excluding tert-OH is 1. The molecule has 0 bridgehead atoms. The van der Waals surface area contributed by atoms with Crippen LogP contribution in [0.5, 0.6) is 0 Å². The second-order valence-electron chi connectivity index (χ2n) is 4.39. The van der Waals surface area contributed by atoms with Gasteiger partial charge in [-0.05, 0) is 30.4 Å². The van der Waals surface area contributed by atoms with Crippen molar-refractivity contribution in [3.05, 3.63) is 29.6 Å². The number of aliphatic hydroxyl groups is 1. The lowest BCUT2D eigenvalue weighted by atomic mass is 9.91. The molecule has 0 radical (unpaired) electrons. The van der Waals surface area contributed by atoms with Crippen LogP contribution in [-0.4, -0.2) is 10.1 Å². The number of hydrogen-bond donors (Lipinski definition) is 1. The van der Waals surface area contributed by atoms with Gasteiger partial charge in [-0.2, -0.15) is 0 Å². The molecule has 1 heterocycles. The van der Waals surface area contributed by atoms with E-state index in [9.17, 15) is 5.11 Å². The van der Waals surface area contributed by atoms with Crippen molar-refractivity contribution in [2.75, 3.05) is 0 Å². The standard InChI is InChI=1S/C13H19NO/c15-10-13-12(8-5-9-14-13)11-6-3-1-2-4-7-11/h5,8-9,11,15H,1-4,6-7,10H2. The minimum Gasteiger partial charge on any atom is -0.390 e. The first-order chi connectivity index (χ1) is 7.42. The van der Waals surface area contributed by atoms with E-state index in [1.807, 2.05) is 6.07 Å². The Morgan fingerprint density at radius 2 is 1.93 bits per heavy atom. The molecular formula is C13H19NO. The van der Waals surface area contributed by atoms with E-state index in [2.05, 4.69) is 11.1 Å². The summed E-state index contributed by atoms with van der Waals surface area (Å²) in [7, 11) is 0. The van der Waals surface area contributed by atoms with Crippen molar-refractivity contribution >= 4 is 0 Å². The van der Waals surface area contributed by atoms with E-state index in [-0.39, 0.29) is 6.61 Å². The Labute approximate surface area is 91.4 Å². The Morgan fingerprint density at radius 1 is 1.20 bits per heavy atom. The van der Waals surface area contributed by atoms with Gasteiger partial charge in [-0.25, -0.2) is 0 Å². The molecule has 2 heteroatoms. The Kier molecular flexibility index (Phi) is 3.73. The second kappa shape index (κ2) is 5.26. The van der Waals surface area contributed by atoms with Crippen LogP contribution in [0.3, 0.4) is 0 Å².